The van der Waals surface area contributed by atoms with Crippen LogP contribution in [-0.4, -0.2) is 34.1 Å². The Bertz CT molecular complexity index is 345. The van der Waals surface area contributed by atoms with Crippen LogP contribution in [0.5, 0.6) is 6.01 Å². The Morgan fingerprint density at radius 2 is 1.72 bits per heavy atom. The quantitative estimate of drug-likeness (QED) is 0.776. The lowest BCUT2D eigenvalue weighted by Crippen LogP contribution is -2.23. The van der Waals surface area contributed by atoms with Crippen molar-refractivity contribution in [3.8, 4) is 6.01 Å². The van der Waals surface area contributed by atoms with Crippen molar-refractivity contribution in [1.82, 2.24) is 15.0 Å². The van der Waals surface area contributed by atoms with Crippen LogP contribution < -0.4 is 15.4 Å². The van der Waals surface area contributed by atoms with Crippen LogP contribution in [0.1, 0.15) is 34.6 Å². The molecule has 1 aromatic heterocycles. The van der Waals surface area contributed by atoms with Crippen molar-refractivity contribution in [2.75, 3.05) is 23.8 Å². The van der Waals surface area contributed by atoms with E-state index in [2.05, 4.69) is 46.4 Å². The van der Waals surface area contributed by atoms with Crippen LogP contribution in [-0.2, 0) is 0 Å². The summed E-state index contributed by atoms with van der Waals surface area (Å²) >= 11 is 0. The number of nitrogens with zero attached hydrogens (tertiary/aromatic N) is 3. The van der Waals surface area contributed by atoms with Gasteiger partial charge in [-0.25, -0.2) is 0 Å². The van der Waals surface area contributed by atoms with Crippen LogP contribution in [0.25, 0.3) is 0 Å². The van der Waals surface area contributed by atoms with Gasteiger partial charge in [-0.15, -0.1) is 0 Å². The second-order valence-corrected chi connectivity index (χ2v) is 4.41. The third kappa shape index (κ3) is 4.35. The molecule has 0 bridgehead atoms. The molecule has 0 fully saturated rings. The summed E-state index contributed by atoms with van der Waals surface area (Å²) in [6.45, 7) is 11.6. The second-order valence-electron chi connectivity index (χ2n) is 4.41. The zero-order chi connectivity index (χ0) is 13.5. The minimum absolute atomic E-state index is 0.288. The molecule has 0 aliphatic rings. The molecule has 1 heterocycles. The number of aromatic nitrogens is 3. The first kappa shape index (κ1) is 14.5. The molecule has 1 rings (SSSR count). The molecule has 6 nitrogen and oxygen atoms in total. The predicted molar refractivity (Wildman–Crippen MR) is 73.1 cm³/mol. The Labute approximate surface area is 109 Å². The molecular weight excluding hydrogens is 230 g/mol. The second kappa shape index (κ2) is 6.98. The molecule has 0 aromatic carbocycles. The van der Waals surface area contributed by atoms with Gasteiger partial charge in [0.15, 0.2) is 0 Å². The van der Waals surface area contributed by atoms with Gasteiger partial charge in [-0.2, -0.15) is 15.0 Å². The van der Waals surface area contributed by atoms with Crippen molar-refractivity contribution in [2.45, 2.75) is 40.7 Å². The van der Waals surface area contributed by atoms with Crippen LogP contribution in [0.15, 0.2) is 0 Å². The van der Waals surface area contributed by atoms with E-state index in [0.29, 0.717) is 30.4 Å². The first-order valence-electron chi connectivity index (χ1n) is 6.46. The number of ether oxygens (including phenoxy) is 1. The van der Waals surface area contributed by atoms with Gasteiger partial charge in [0, 0.05) is 12.6 Å². The summed E-state index contributed by atoms with van der Waals surface area (Å²) in [7, 11) is 0. The molecule has 0 saturated carbocycles. The molecule has 6 heteroatoms. The van der Waals surface area contributed by atoms with E-state index in [1.807, 2.05) is 13.8 Å². The van der Waals surface area contributed by atoms with E-state index in [9.17, 15) is 0 Å². The molecule has 0 saturated heterocycles. The van der Waals surface area contributed by atoms with Crippen molar-refractivity contribution < 1.29 is 4.74 Å². The maximum Gasteiger partial charge on any atom is 0.323 e. The molecule has 0 amide bonds. The van der Waals surface area contributed by atoms with Gasteiger partial charge < -0.3 is 15.4 Å². The number of anilines is 2. The first-order chi connectivity index (χ1) is 8.56. The fourth-order valence-corrected chi connectivity index (χ4v) is 1.22. The molecule has 1 aromatic rings. The van der Waals surface area contributed by atoms with E-state index < -0.39 is 0 Å². The Kier molecular flexibility index (Phi) is 5.61. The van der Waals surface area contributed by atoms with E-state index in [0.717, 1.165) is 6.54 Å². The zero-order valence-corrected chi connectivity index (χ0v) is 11.8. The Hall–Kier alpha value is -1.59. The summed E-state index contributed by atoms with van der Waals surface area (Å²) in [5.74, 6) is 1.58. The topological polar surface area (TPSA) is 72.0 Å². The number of hydrogen-bond donors (Lipinski definition) is 2. The molecule has 18 heavy (non-hydrogen) atoms. The summed E-state index contributed by atoms with van der Waals surface area (Å²) < 4.78 is 5.33. The predicted octanol–water partition coefficient (Wildman–Crippen LogP) is 2.16. The normalized spacial score (nSPS) is 12.3. The van der Waals surface area contributed by atoms with E-state index in [-0.39, 0.29) is 6.04 Å². The van der Waals surface area contributed by atoms with Gasteiger partial charge in [-0.05, 0) is 26.7 Å². The third-order valence-corrected chi connectivity index (χ3v) is 2.58. The summed E-state index contributed by atoms with van der Waals surface area (Å²) in [5.41, 5.74) is 0. The minimum Gasteiger partial charge on any atom is -0.464 e. The van der Waals surface area contributed by atoms with Crippen molar-refractivity contribution in [3.05, 3.63) is 0 Å². The maximum absolute atomic E-state index is 5.33. The standard InChI is InChI=1S/C12H23N5O/c1-6-13-10-15-11(14-9(5)8(3)4)17-12(16-10)18-7-2/h8-9H,6-7H2,1-5H3,(H2,13,14,15,16,17). The maximum atomic E-state index is 5.33. The number of nitrogens with one attached hydrogen (secondary N) is 2. The van der Waals surface area contributed by atoms with Gasteiger partial charge in [0.1, 0.15) is 0 Å². The van der Waals surface area contributed by atoms with Crippen LogP contribution >= 0.6 is 0 Å². The summed E-state index contributed by atoms with van der Waals surface area (Å²) in [6, 6.07) is 0.637. The van der Waals surface area contributed by atoms with Crippen LogP contribution in [0, 0.1) is 5.92 Å². The highest BCUT2D eigenvalue weighted by molar-refractivity contribution is 5.36. The molecule has 0 spiro atoms. The van der Waals surface area contributed by atoms with Gasteiger partial charge in [0.05, 0.1) is 6.61 Å². The van der Waals surface area contributed by atoms with Crippen molar-refractivity contribution in [1.29, 1.82) is 0 Å². The highest BCUT2D eigenvalue weighted by Crippen LogP contribution is 2.13. The van der Waals surface area contributed by atoms with Crippen molar-refractivity contribution in [2.24, 2.45) is 5.92 Å². The molecule has 2 N–H and O–H groups in total. The molecule has 102 valence electrons. The van der Waals surface area contributed by atoms with Crippen LogP contribution in [0.4, 0.5) is 11.9 Å². The number of hydrogen-bond acceptors (Lipinski definition) is 6. The lowest BCUT2D eigenvalue weighted by atomic mass is 10.1. The Morgan fingerprint density at radius 1 is 1.06 bits per heavy atom. The largest absolute Gasteiger partial charge is 0.464 e. The van der Waals surface area contributed by atoms with Crippen LogP contribution in [0.2, 0.25) is 0 Å². The summed E-state index contributed by atoms with van der Waals surface area (Å²) in [4.78, 5) is 12.7. The lowest BCUT2D eigenvalue weighted by Gasteiger charge is -2.17. The average Bonchev–Trinajstić information content (AvgIpc) is 2.29. The van der Waals surface area contributed by atoms with Gasteiger partial charge in [0.25, 0.3) is 0 Å². The monoisotopic (exact) mass is 253 g/mol. The van der Waals surface area contributed by atoms with E-state index in [4.69, 9.17) is 4.74 Å². The first-order valence-corrected chi connectivity index (χ1v) is 6.46. The molecule has 0 radical (unpaired) electrons. The van der Waals surface area contributed by atoms with Gasteiger partial charge in [0.2, 0.25) is 11.9 Å². The zero-order valence-electron chi connectivity index (χ0n) is 11.8. The van der Waals surface area contributed by atoms with E-state index in [1.165, 1.54) is 0 Å². The fraction of sp³-hybridized carbons (Fsp3) is 0.750. The average molecular weight is 253 g/mol. The smallest absolute Gasteiger partial charge is 0.323 e. The number of rotatable bonds is 7. The highest BCUT2D eigenvalue weighted by Gasteiger charge is 2.11. The van der Waals surface area contributed by atoms with E-state index in [1.54, 1.807) is 0 Å². The van der Waals surface area contributed by atoms with Crippen molar-refractivity contribution in [3.63, 3.8) is 0 Å². The Balaban J connectivity index is 2.87. The summed E-state index contributed by atoms with van der Waals surface area (Å²) in [6.07, 6.45) is 0. The van der Waals surface area contributed by atoms with Gasteiger partial charge >= 0.3 is 6.01 Å². The summed E-state index contributed by atoms with van der Waals surface area (Å²) in [5, 5.41) is 6.32. The Morgan fingerprint density at radius 3 is 2.28 bits per heavy atom. The molecule has 1 unspecified atom stereocenters. The third-order valence-electron chi connectivity index (χ3n) is 2.58. The molecule has 0 aliphatic heterocycles. The molecule has 1 atom stereocenters. The highest BCUT2D eigenvalue weighted by atomic mass is 16.5. The van der Waals surface area contributed by atoms with Gasteiger partial charge in [-0.1, -0.05) is 13.8 Å². The van der Waals surface area contributed by atoms with Crippen LogP contribution in [0.3, 0.4) is 0 Å². The SMILES string of the molecule is CCNc1nc(NC(C)C(C)C)nc(OCC)n1. The molecular formula is C12H23N5O. The van der Waals surface area contributed by atoms with Gasteiger partial charge in [-0.3, -0.25) is 0 Å². The molecule has 0 aliphatic carbocycles. The lowest BCUT2D eigenvalue weighted by molar-refractivity contribution is 0.312. The van der Waals surface area contributed by atoms with Crippen molar-refractivity contribution >= 4 is 11.9 Å². The fourth-order valence-electron chi connectivity index (χ4n) is 1.22. The van der Waals surface area contributed by atoms with E-state index >= 15 is 0 Å². The minimum atomic E-state index is 0.288.